The highest BCUT2D eigenvalue weighted by molar-refractivity contribution is 5.81. The minimum Gasteiger partial charge on any atom is -0.491 e. The van der Waals surface area contributed by atoms with E-state index in [1.807, 2.05) is 0 Å². The van der Waals surface area contributed by atoms with Crippen molar-refractivity contribution in [1.29, 1.82) is 0 Å². The number of fused-ring (bicyclic) bond motifs is 1. The van der Waals surface area contributed by atoms with Gasteiger partial charge in [-0.2, -0.15) is 0 Å². The zero-order valence-corrected chi connectivity index (χ0v) is 12.9. The van der Waals surface area contributed by atoms with Crippen LogP contribution in [0.25, 0.3) is 10.9 Å². The molecule has 0 saturated carbocycles. The van der Waals surface area contributed by atoms with Crippen molar-refractivity contribution in [3.05, 3.63) is 30.5 Å². The van der Waals surface area contributed by atoms with Crippen LogP contribution in [0.2, 0.25) is 0 Å². The fourth-order valence-electron chi connectivity index (χ4n) is 2.79. The molecule has 0 aliphatic carbocycles. The van der Waals surface area contributed by atoms with Crippen LogP contribution in [-0.2, 0) is 11.3 Å². The largest absolute Gasteiger partial charge is 0.491 e. The highest BCUT2D eigenvalue weighted by Crippen LogP contribution is 2.23. The first-order valence-electron chi connectivity index (χ1n) is 7.78. The molecule has 21 heavy (non-hydrogen) atoms. The third kappa shape index (κ3) is 3.57. The lowest BCUT2D eigenvalue weighted by atomic mass is 10.2. The first-order valence-corrected chi connectivity index (χ1v) is 7.78. The van der Waals surface area contributed by atoms with Gasteiger partial charge >= 0.3 is 0 Å². The van der Waals surface area contributed by atoms with Crippen molar-refractivity contribution in [3.8, 4) is 5.75 Å². The number of morpholine rings is 1. The van der Waals surface area contributed by atoms with E-state index in [1.54, 1.807) is 0 Å². The van der Waals surface area contributed by atoms with Gasteiger partial charge in [-0.15, -0.1) is 0 Å². The maximum Gasteiger partial charge on any atom is 0.120 e. The van der Waals surface area contributed by atoms with Crippen molar-refractivity contribution in [2.75, 3.05) is 32.8 Å². The lowest BCUT2D eigenvalue weighted by molar-refractivity contribution is 0.0365. The lowest BCUT2D eigenvalue weighted by Gasteiger charge is -2.26. The van der Waals surface area contributed by atoms with E-state index in [0.717, 1.165) is 45.1 Å². The van der Waals surface area contributed by atoms with Crippen molar-refractivity contribution < 1.29 is 9.47 Å². The molecule has 1 aromatic heterocycles. The zero-order valence-electron chi connectivity index (χ0n) is 12.9. The number of hydrogen-bond acceptors (Lipinski definition) is 3. The summed E-state index contributed by atoms with van der Waals surface area (Å²) in [5, 5.41) is 1.25. The fraction of sp³-hybridized carbons (Fsp3) is 0.529. The van der Waals surface area contributed by atoms with Crippen molar-refractivity contribution in [3.63, 3.8) is 0 Å². The Morgan fingerprint density at radius 1 is 1.14 bits per heavy atom. The van der Waals surface area contributed by atoms with E-state index in [0.29, 0.717) is 0 Å². The smallest absolute Gasteiger partial charge is 0.120 e. The highest BCUT2D eigenvalue weighted by Gasteiger charge is 2.10. The average molecular weight is 288 g/mol. The number of hydrogen-bond donors (Lipinski definition) is 0. The van der Waals surface area contributed by atoms with E-state index >= 15 is 0 Å². The fourth-order valence-corrected chi connectivity index (χ4v) is 2.79. The third-order valence-corrected chi connectivity index (χ3v) is 3.88. The predicted molar refractivity (Wildman–Crippen MR) is 85.0 cm³/mol. The first-order chi connectivity index (χ1) is 10.2. The topological polar surface area (TPSA) is 26.6 Å². The van der Waals surface area contributed by atoms with Crippen molar-refractivity contribution in [1.82, 2.24) is 9.47 Å². The number of nitrogens with zero attached hydrogens (tertiary/aromatic N) is 2. The van der Waals surface area contributed by atoms with E-state index in [2.05, 4.69) is 53.8 Å². The van der Waals surface area contributed by atoms with Gasteiger partial charge in [-0.25, -0.2) is 0 Å². The van der Waals surface area contributed by atoms with Gasteiger partial charge in [0.25, 0.3) is 0 Å². The van der Waals surface area contributed by atoms with Gasteiger partial charge in [0.05, 0.1) is 19.3 Å². The Bertz CT molecular complexity index is 585. The van der Waals surface area contributed by atoms with Crippen molar-refractivity contribution in [2.24, 2.45) is 0 Å². The molecule has 1 aromatic carbocycles. The van der Waals surface area contributed by atoms with Gasteiger partial charge in [0.1, 0.15) is 5.75 Å². The summed E-state index contributed by atoms with van der Waals surface area (Å²) in [7, 11) is 0. The van der Waals surface area contributed by atoms with Gasteiger partial charge in [0.15, 0.2) is 0 Å². The second-order valence-electron chi connectivity index (χ2n) is 5.85. The predicted octanol–water partition coefficient (Wildman–Crippen LogP) is 2.76. The van der Waals surface area contributed by atoms with Crippen molar-refractivity contribution >= 4 is 10.9 Å². The van der Waals surface area contributed by atoms with Crippen LogP contribution in [0.1, 0.15) is 13.8 Å². The summed E-state index contributed by atoms with van der Waals surface area (Å²) in [6.07, 6.45) is 2.38. The Labute approximate surface area is 126 Å². The SMILES string of the molecule is CC(C)Oc1ccc2c(ccn2CCN2CCOCC2)c1. The summed E-state index contributed by atoms with van der Waals surface area (Å²) < 4.78 is 13.5. The number of rotatable bonds is 5. The molecule has 0 bridgehead atoms. The van der Waals surface area contributed by atoms with Gasteiger partial charge < -0.3 is 14.0 Å². The number of benzene rings is 1. The number of aromatic nitrogens is 1. The first kappa shape index (κ1) is 14.4. The summed E-state index contributed by atoms with van der Waals surface area (Å²) in [5.74, 6) is 0.948. The molecule has 3 rings (SSSR count). The Balaban J connectivity index is 1.68. The van der Waals surface area contributed by atoms with E-state index in [9.17, 15) is 0 Å². The van der Waals surface area contributed by atoms with Gasteiger partial charge in [-0.1, -0.05) is 0 Å². The molecule has 1 fully saturated rings. The summed E-state index contributed by atoms with van der Waals surface area (Å²) in [4.78, 5) is 2.46. The van der Waals surface area contributed by atoms with Gasteiger partial charge in [-0.3, -0.25) is 4.90 Å². The molecular weight excluding hydrogens is 264 g/mol. The molecule has 0 radical (unpaired) electrons. The Kier molecular flexibility index (Phi) is 4.46. The van der Waals surface area contributed by atoms with Crippen LogP contribution in [0.4, 0.5) is 0 Å². The second-order valence-corrected chi connectivity index (χ2v) is 5.85. The Morgan fingerprint density at radius 2 is 1.95 bits per heavy atom. The molecule has 0 amide bonds. The molecule has 0 atom stereocenters. The van der Waals surface area contributed by atoms with Gasteiger partial charge in [-0.05, 0) is 38.1 Å². The molecule has 0 unspecified atom stereocenters. The van der Waals surface area contributed by atoms with Crippen LogP contribution in [0.15, 0.2) is 30.5 Å². The minimum absolute atomic E-state index is 0.214. The maximum atomic E-state index is 5.76. The summed E-state index contributed by atoms with van der Waals surface area (Å²) in [6, 6.07) is 8.52. The Morgan fingerprint density at radius 3 is 2.71 bits per heavy atom. The van der Waals surface area contributed by atoms with Crippen LogP contribution >= 0.6 is 0 Å². The molecule has 0 N–H and O–H groups in total. The van der Waals surface area contributed by atoms with E-state index in [-0.39, 0.29) is 6.10 Å². The monoisotopic (exact) mass is 288 g/mol. The molecular formula is C17H24N2O2. The zero-order chi connectivity index (χ0) is 14.7. The van der Waals surface area contributed by atoms with Crippen LogP contribution in [0.3, 0.4) is 0 Å². The minimum atomic E-state index is 0.214. The normalized spacial score (nSPS) is 16.7. The summed E-state index contributed by atoms with van der Waals surface area (Å²) in [5.41, 5.74) is 1.28. The molecule has 2 aromatic rings. The quantitative estimate of drug-likeness (QED) is 0.846. The molecule has 0 spiro atoms. The van der Waals surface area contributed by atoms with Crippen LogP contribution in [0.5, 0.6) is 5.75 Å². The van der Waals surface area contributed by atoms with E-state index < -0.39 is 0 Å². The number of ether oxygens (including phenoxy) is 2. The van der Waals surface area contributed by atoms with Crippen LogP contribution in [-0.4, -0.2) is 48.4 Å². The van der Waals surface area contributed by atoms with E-state index in [1.165, 1.54) is 10.9 Å². The second kappa shape index (κ2) is 6.50. The lowest BCUT2D eigenvalue weighted by Crippen LogP contribution is -2.38. The third-order valence-electron chi connectivity index (χ3n) is 3.88. The van der Waals surface area contributed by atoms with Crippen LogP contribution < -0.4 is 4.74 Å². The molecule has 1 saturated heterocycles. The standard InChI is InChI=1S/C17H24N2O2/c1-14(2)21-16-3-4-17-15(13-16)5-6-19(17)8-7-18-9-11-20-12-10-18/h3-6,13-14H,7-12H2,1-2H3. The highest BCUT2D eigenvalue weighted by atomic mass is 16.5. The van der Waals surface area contributed by atoms with Gasteiger partial charge in [0, 0.05) is 43.3 Å². The summed E-state index contributed by atoms with van der Waals surface area (Å²) >= 11 is 0. The maximum absolute atomic E-state index is 5.76. The average Bonchev–Trinajstić information content (AvgIpc) is 2.88. The van der Waals surface area contributed by atoms with Gasteiger partial charge in [0.2, 0.25) is 0 Å². The Hall–Kier alpha value is -1.52. The van der Waals surface area contributed by atoms with E-state index in [4.69, 9.17) is 9.47 Å². The molecule has 2 heterocycles. The molecule has 1 aliphatic rings. The molecule has 1 aliphatic heterocycles. The molecule has 114 valence electrons. The molecule has 4 heteroatoms. The van der Waals surface area contributed by atoms with Crippen LogP contribution in [0, 0.1) is 0 Å². The molecule has 4 nitrogen and oxygen atoms in total. The summed E-state index contributed by atoms with van der Waals surface area (Å²) in [6.45, 7) is 10.0. The van der Waals surface area contributed by atoms with Crippen molar-refractivity contribution in [2.45, 2.75) is 26.5 Å².